The van der Waals surface area contributed by atoms with Crippen molar-refractivity contribution in [3.63, 3.8) is 0 Å². The molecule has 0 aromatic rings. The highest BCUT2D eigenvalue weighted by Gasteiger charge is 2.26. The van der Waals surface area contributed by atoms with Gasteiger partial charge in [0, 0.05) is 13.0 Å². The van der Waals surface area contributed by atoms with Crippen LogP contribution in [0.5, 0.6) is 0 Å². The van der Waals surface area contributed by atoms with Crippen LogP contribution >= 0.6 is 7.82 Å². The molecule has 52 heavy (non-hydrogen) atoms. The van der Waals surface area contributed by atoms with E-state index in [0.717, 1.165) is 38.5 Å². The zero-order chi connectivity index (χ0) is 38.2. The maximum atomic E-state index is 12.7. The molecular weight excluding hydrogens is 671 g/mol. The molecule has 0 spiro atoms. The molecule has 0 aliphatic heterocycles. The molecule has 1 amide bonds. The summed E-state index contributed by atoms with van der Waals surface area (Å²) in [7, 11) is -4.33. The minimum absolute atomic E-state index is 0.0811. The third-order valence-electron chi connectivity index (χ3n) is 10.1. The monoisotopic (exact) mass is 759 g/mol. The predicted molar refractivity (Wildman–Crippen MR) is 222 cm³/mol. The first-order chi connectivity index (χ1) is 25.4. The summed E-state index contributed by atoms with van der Waals surface area (Å²) in [6, 6.07) is -0.853. The van der Waals surface area contributed by atoms with Crippen LogP contribution in [0.3, 0.4) is 0 Å². The molecule has 0 saturated carbocycles. The summed E-state index contributed by atoms with van der Waals surface area (Å²) >= 11 is 0. The lowest BCUT2D eigenvalue weighted by molar-refractivity contribution is -0.123. The van der Waals surface area contributed by atoms with Crippen LogP contribution in [0, 0.1) is 0 Å². The number of hydrogen-bond acceptors (Lipinski definition) is 6. The second-order valence-corrected chi connectivity index (χ2v) is 16.7. The summed E-state index contributed by atoms with van der Waals surface area (Å²) in [6.45, 7) is 4.13. The molecule has 0 heterocycles. The van der Waals surface area contributed by atoms with Crippen LogP contribution in [-0.2, 0) is 18.4 Å². The Labute approximate surface area is 322 Å². The number of phosphoric ester groups is 1. The average molecular weight is 759 g/mol. The van der Waals surface area contributed by atoms with Crippen LogP contribution in [0.25, 0.3) is 0 Å². The average Bonchev–Trinajstić information content (AvgIpc) is 3.13. The van der Waals surface area contributed by atoms with E-state index in [2.05, 4.69) is 19.2 Å². The van der Waals surface area contributed by atoms with Crippen LogP contribution in [0.4, 0.5) is 0 Å². The normalized spacial score (nSPS) is 14.2. The maximum absolute atomic E-state index is 12.7. The summed E-state index contributed by atoms with van der Waals surface area (Å²) < 4.78 is 22.1. The fraction of sp³-hybridized carbons (Fsp3) is 0.930. The van der Waals surface area contributed by atoms with E-state index in [1.54, 1.807) is 6.08 Å². The lowest BCUT2D eigenvalue weighted by Crippen LogP contribution is -2.45. The van der Waals surface area contributed by atoms with Gasteiger partial charge in [0.05, 0.1) is 25.4 Å². The van der Waals surface area contributed by atoms with Crippen molar-refractivity contribution in [2.45, 2.75) is 238 Å². The van der Waals surface area contributed by atoms with Crippen molar-refractivity contribution in [2.75, 3.05) is 19.8 Å². The SMILES string of the molecule is CCCCCCCCCC/C=C/C(O)C(COP(=O)(O)OCCN)NC(=O)CCCCCCCCCCCCCCCCCCCCCCCCC. The lowest BCUT2D eigenvalue weighted by Gasteiger charge is -2.23. The molecule has 0 aliphatic rings. The van der Waals surface area contributed by atoms with E-state index in [-0.39, 0.29) is 25.7 Å². The third kappa shape index (κ3) is 37.6. The van der Waals surface area contributed by atoms with Crippen LogP contribution in [-0.4, -0.2) is 47.8 Å². The highest BCUT2D eigenvalue weighted by Crippen LogP contribution is 2.43. The molecule has 0 aliphatic carbocycles. The van der Waals surface area contributed by atoms with Crippen molar-refractivity contribution in [3.05, 3.63) is 12.2 Å². The molecule has 310 valence electrons. The molecule has 0 fully saturated rings. The molecule has 9 heteroatoms. The number of aliphatic hydroxyl groups is 1. The molecule has 0 rings (SSSR count). The van der Waals surface area contributed by atoms with Gasteiger partial charge in [-0.05, 0) is 19.3 Å². The van der Waals surface area contributed by atoms with Gasteiger partial charge in [0.2, 0.25) is 5.91 Å². The molecule has 8 nitrogen and oxygen atoms in total. The topological polar surface area (TPSA) is 131 Å². The van der Waals surface area contributed by atoms with E-state index in [1.165, 1.54) is 167 Å². The second kappa shape index (κ2) is 39.9. The van der Waals surface area contributed by atoms with E-state index in [9.17, 15) is 19.4 Å². The number of rotatable bonds is 42. The minimum Gasteiger partial charge on any atom is -0.387 e. The summed E-state index contributed by atoms with van der Waals surface area (Å²) in [4.78, 5) is 22.6. The van der Waals surface area contributed by atoms with Crippen molar-refractivity contribution in [3.8, 4) is 0 Å². The Bertz CT molecular complexity index is 829. The van der Waals surface area contributed by atoms with E-state index in [0.29, 0.717) is 6.42 Å². The first kappa shape index (κ1) is 51.2. The number of unbranched alkanes of at least 4 members (excludes halogenated alkanes) is 30. The Kier molecular flexibility index (Phi) is 39.3. The van der Waals surface area contributed by atoms with E-state index in [4.69, 9.17) is 14.8 Å². The van der Waals surface area contributed by atoms with Gasteiger partial charge in [0.15, 0.2) is 0 Å². The van der Waals surface area contributed by atoms with Gasteiger partial charge in [-0.1, -0.05) is 212 Å². The minimum atomic E-state index is -4.33. The third-order valence-corrected chi connectivity index (χ3v) is 11.1. The highest BCUT2D eigenvalue weighted by atomic mass is 31.2. The number of amides is 1. The molecule has 0 radical (unpaired) electrons. The number of aliphatic hydroxyl groups excluding tert-OH is 1. The number of phosphoric acid groups is 1. The first-order valence-corrected chi connectivity index (χ1v) is 23.8. The molecular formula is C43H87N2O6P. The summed E-state index contributed by atoms with van der Waals surface area (Å²) in [5.41, 5.74) is 5.36. The number of carbonyl (C=O) groups excluding carboxylic acids is 1. The zero-order valence-corrected chi connectivity index (χ0v) is 35.2. The molecule has 3 atom stereocenters. The quantitative estimate of drug-likeness (QED) is 0.0277. The number of allylic oxidation sites excluding steroid dienone is 1. The second-order valence-electron chi connectivity index (χ2n) is 15.3. The zero-order valence-electron chi connectivity index (χ0n) is 34.3. The standard InChI is InChI=1S/C43H87N2O6P/c1-3-5-7-9-11-13-15-16-17-18-19-20-21-22-23-24-25-26-27-29-31-33-35-37-43(47)45-41(40-51-52(48,49)50-39-38-44)42(46)36-34-32-30-28-14-12-10-8-6-4-2/h34,36,41-42,46H,3-33,35,37-40,44H2,1-2H3,(H,45,47)(H,48,49)/b36-34+. The first-order valence-electron chi connectivity index (χ1n) is 22.3. The predicted octanol–water partition coefficient (Wildman–Crippen LogP) is 12.4. The fourth-order valence-corrected chi connectivity index (χ4v) is 7.48. The van der Waals surface area contributed by atoms with Crippen LogP contribution in [0.15, 0.2) is 12.2 Å². The van der Waals surface area contributed by atoms with Crippen LogP contribution < -0.4 is 11.1 Å². The fourth-order valence-electron chi connectivity index (χ4n) is 6.72. The van der Waals surface area contributed by atoms with Crippen molar-refractivity contribution in [2.24, 2.45) is 5.73 Å². The molecule has 0 bridgehead atoms. The van der Waals surface area contributed by atoms with Gasteiger partial charge in [0.25, 0.3) is 0 Å². The van der Waals surface area contributed by atoms with Crippen LogP contribution in [0.2, 0.25) is 0 Å². The summed E-state index contributed by atoms with van der Waals surface area (Å²) in [6.07, 6.45) is 44.2. The Hall–Kier alpha value is -0.760. The van der Waals surface area contributed by atoms with Gasteiger partial charge in [0.1, 0.15) is 0 Å². The van der Waals surface area contributed by atoms with Crippen molar-refractivity contribution >= 4 is 13.7 Å². The number of nitrogens with two attached hydrogens (primary N) is 1. The molecule has 0 saturated heterocycles. The molecule has 0 aromatic heterocycles. The van der Waals surface area contributed by atoms with Gasteiger partial charge in [-0.3, -0.25) is 13.8 Å². The summed E-state index contributed by atoms with van der Waals surface area (Å²) in [5.74, 6) is -0.191. The van der Waals surface area contributed by atoms with Gasteiger partial charge in [-0.25, -0.2) is 4.57 Å². The largest absolute Gasteiger partial charge is 0.472 e. The van der Waals surface area contributed by atoms with Crippen molar-refractivity contribution in [1.82, 2.24) is 5.32 Å². The van der Waals surface area contributed by atoms with Gasteiger partial charge in [-0.15, -0.1) is 0 Å². The Morgan fingerprint density at radius 3 is 1.37 bits per heavy atom. The molecule has 3 unspecified atom stereocenters. The van der Waals surface area contributed by atoms with Gasteiger partial charge >= 0.3 is 7.82 Å². The smallest absolute Gasteiger partial charge is 0.387 e. The van der Waals surface area contributed by atoms with Gasteiger partial charge < -0.3 is 21.1 Å². The highest BCUT2D eigenvalue weighted by molar-refractivity contribution is 7.47. The van der Waals surface area contributed by atoms with Gasteiger partial charge in [-0.2, -0.15) is 0 Å². The lowest BCUT2D eigenvalue weighted by atomic mass is 10.0. The Balaban J connectivity index is 4.00. The maximum Gasteiger partial charge on any atom is 0.472 e. The van der Waals surface area contributed by atoms with Crippen molar-refractivity contribution in [1.29, 1.82) is 0 Å². The van der Waals surface area contributed by atoms with E-state index >= 15 is 0 Å². The molecule has 5 N–H and O–H groups in total. The molecule has 0 aromatic carbocycles. The van der Waals surface area contributed by atoms with E-state index < -0.39 is 20.0 Å². The Morgan fingerprint density at radius 1 is 0.615 bits per heavy atom. The summed E-state index contributed by atoms with van der Waals surface area (Å²) in [5, 5.41) is 13.6. The number of hydrogen-bond donors (Lipinski definition) is 4. The van der Waals surface area contributed by atoms with E-state index in [1.807, 2.05) is 6.08 Å². The van der Waals surface area contributed by atoms with Crippen LogP contribution in [0.1, 0.15) is 226 Å². The van der Waals surface area contributed by atoms with Crippen molar-refractivity contribution < 1.29 is 28.4 Å². The number of carbonyl (C=O) groups is 1. The number of nitrogens with one attached hydrogen (secondary N) is 1. The Morgan fingerprint density at radius 2 is 0.981 bits per heavy atom.